The molecule has 0 saturated heterocycles. The zero-order valence-electron chi connectivity index (χ0n) is 16.3. The van der Waals surface area contributed by atoms with Crippen molar-refractivity contribution < 1.29 is 5.11 Å². The second-order valence-corrected chi connectivity index (χ2v) is 9.10. The van der Waals surface area contributed by atoms with Crippen molar-refractivity contribution in [2.45, 2.75) is 116 Å². The van der Waals surface area contributed by atoms with Gasteiger partial charge in [-0.25, -0.2) is 0 Å². The van der Waals surface area contributed by atoms with Crippen LogP contribution in [0.4, 0.5) is 0 Å². The van der Waals surface area contributed by atoms with E-state index in [0.29, 0.717) is 6.61 Å². The standard InChI is InChI=1S/C22H44OS/c23-19-21-24-20-15-10-8-6-4-2-1-3-5-7-9-12-16-22-17-13-11-14-18-22/h22-23H,1-21H2. The van der Waals surface area contributed by atoms with Crippen molar-refractivity contribution in [3.8, 4) is 0 Å². The summed E-state index contributed by atoms with van der Waals surface area (Å²) in [6, 6.07) is 0. The predicted octanol–water partition coefficient (Wildman–Crippen LogP) is 7.36. The summed E-state index contributed by atoms with van der Waals surface area (Å²) >= 11 is 1.89. The molecule has 144 valence electrons. The number of hydrogen-bond donors (Lipinski definition) is 1. The minimum Gasteiger partial charge on any atom is -0.396 e. The third kappa shape index (κ3) is 14.6. The first-order valence-corrected chi connectivity index (χ1v) is 12.3. The molecule has 1 aliphatic rings. The van der Waals surface area contributed by atoms with Gasteiger partial charge in [-0.15, -0.1) is 0 Å². The molecule has 0 aliphatic heterocycles. The average molecular weight is 357 g/mol. The van der Waals surface area contributed by atoms with E-state index in [-0.39, 0.29) is 0 Å². The Morgan fingerprint density at radius 2 is 1.08 bits per heavy atom. The highest BCUT2D eigenvalue weighted by Gasteiger charge is 2.12. The third-order valence-electron chi connectivity index (χ3n) is 5.61. The van der Waals surface area contributed by atoms with E-state index in [0.717, 1.165) is 11.7 Å². The van der Waals surface area contributed by atoms with Gasteiger partial charge in [0, 0.05) is 5.75 Å². The van der Waals surface area contributed by atoms with Crippen LogP contribution in [0, 0.1) is 5.92 Å². The van der Waals surface area contributed by atoms with E-state index in [4.69, 9.17) is 5.11 Å². The molecular weight excluding hydrogens is 312 g/mol. The minimum absolute atomic E-state index is 0.338. The zero-order valence-corrected chi connectivity index (χ0v) is 17.1. The fraction of sp³-hybridized carbons (Fsp3) is 1.00. The zero-order chi connectivity index (χ0) is 17.1. The molecule has 0 heterocycles. The van der Waals surface area contributed by atoms with Crippen molar-refractivity contribution in [1.29, 1.82) is 0 Å². The summed E-state index contributed by atoms with van der Waals surface area (Å²) < 4.78 is 0. The van der Waals surface area contributed by atoms with E-state index in [1.165, 1.54) is 121 Å². The van der Waals surface area contributed by atoms with Crippen LogP contribution in [0.1, 0.15) is 116 Å². The number of aliphatic hydroxyl groups is 1. The van der Waals surface area contributed by atoms with Gasteiger partial charge >= 0.3 is 0 Å². The van der Waals surface area contributed by atoms with Crippen molar-refractivity contribution in [3.05, 3.63) is 0 Å². The Morgan fingerprint density at radius 3 is 1.62 bits per heavy atom. The van der Waals surface area contributed by atoms with Gasteiger partial charge in [-0.3, -0.25) is 0 Å². The largest absolute Gasteiger partial charge is 0.396 e. The second-order valence-electron chi connectivity index (χ2n) is 7.87. The van der Waals surface area contributed by atoms with Crippen molar-refractivity contribution in [2.24, 2.45) is 5.92 Å². The Kier molecular flexibility index (Phi) is 16.9. The summed E-state index contributed by atoms with van der Waals surface area (Å²) in [6.45, 7) is 0.338. The highest BCUT2D eigenvalue weighted by Crippen LogP contribution is 2.28. The first-order chi connectivity index (χ1) is 11.9. The number of aliphatic hydroxyl groups excluding tert-OH is 1. The maximum absolute atomic E-state index is 8.70. The van der Waals surface area contributed by atoms with Gasteiger partial charge in [0.1, 0.15) is 0 Å². The van der Waals surface area contributed by atoms with Crippen LogP contribution in [0.15, 0.2) is 0 Å². The average Bonchev–Trinajstić information content (AvgIpc) is 2.62. The molecule has 0 aromatic heterocycles. The molecule has 0 aromatic rings. The van der Waals surface area contributed by atoms with E-state index < -0.39 is 0 Å². The van der Waals surface area contributed by atoms with Crippen LogP contribution in [0.3, 0.4) is 0 Å². The topological polar surface area (TPSA) is 20.2 Å². The van der Waals surface area contributed by atoms with E-state index in [1.807, 2.05) is 11.8 Å². The number of hydrogen-bond acceptors (Lipinski definition) is 2. The van der Waals surface area contributed by atoms with Gasteiger partial charge in [-0.05, 0) is 18.1 Å². The van der Waals surface area contributed by atoms with Crippen LogP contribution in [-0.4, -0.2) is 23.2 Å². The molecule has 1 nitrogen and oxygen atoms in total. The number of thioether (sulfide) groups is 1. The first kappa shape index (κ1) is 22.4. The highest BCUT2D eigenvalue weighted by atomic mass is 32.2. The molecule has 1 rings (SSSR count). The molecule has 0 spiro atoms. The molecule has 0 amide bonds. The van der Waals surface area contributed by atoms with Gasteiger partial charge in [0.2, 0.25) is 0 Å². The second kappa shape index (κ2) is 18.1. The van der Waals surface area contributed by atoms with Crippen molar-refractivity contribution in [2.75, 3.05) is 18.1 Å². The summed E-state index contributed by atoms with van der Waals surface area (Å²) in [7, 11) is 0. The lowest BCUT2D eigenvalue weighted by molar-refractivity contribution is 0.322. The molecule has 1 aliphatic carbocycles. The number of unbranched alkanes of at least 4 members (excludes halogenated alkanes) is 11. The molecule has 1 N–H and O–H groups in total. The molecule has 0 radical (unpaired) electrons. The first-order valence-electron chi connectivity index (χ1n) is 11.1. The number of rotatable bonds is 17. The normalized spacial score (nSPS) is 15.9. The van der Waals surface area contributed by atoms with Crippen LogP contribution < -0.4 is 0 Å². The Balaban J connectivity index is 1.66. The maximum Gasteiger partial charge on any atom is 0.0521 e. The van der Waals surface area contributed by atoms with E-state index in [2.05, 4.69) is 0 Å². The molecule has 2 heteroatoms. The van der Waals surface area contributed by atoms with Gasteiger partial charge < -0.3 is 5.11 Å². The molecule has 1 saturated carbocycles. The van der Waals surface area contributed by atoms with Gasteiger partial charge in [0.15, 0.2) is 0 Å². The van der Waals surface area contributed by atoms with Gasteiger partial charge in [0.05, 0.1) is 6.61 Å². The van der Waals surface area contributed by atoms with E-state index in [1.54, 1.807) is 0 Å². The summed E-state index contributed by atoms with van der Waals surface area (Å²) in [5.41, 5.74) is 0. The SMILES string of the molecule is OCCSCCCCCCCCCCCCCCC1CCCCC1. The van der Waals surface area contributed by atoms with E-state index >= 15 is 0 Å². The summed E-state index contributed by atoms with van der Waals surface area (Å²) in [5, 5.41) is 8.70. The van der Waals surface area contributed by atoms with Crippen LogP contribution in [0.5, 0.6) is 0 Å². The lowest BCUT2D eigenvalue weighted by Gasteiger charge is -2.21. The van der Waals surface area contributed by atoms with E-state index in [9.17, 15) is 0 Å². The van der Waals surface area contributed by atoms with Gasteiger partial charge in [-0.2, -0.15) is 11.8 Å². The molecule has 0 bridgehead atoms. The van der Waals surface area contributed by atoms with Gasteiger partial charge in [0.25, 0.3) is 0 Å². The maximum atomic E-state index is 8.70. The molecule has 1 fully saturated rings. The van der Waals surface area contributed by atoms with Crippen molar-refractivity contribution >= 4 is 11.8 Å². The quantitative estimate of drug-likeness (QED) is 0.275. The lowest BCUT2D eigenvalue weighted by Crippen LogP contribution is -2.05. The summed E-state index contributed by atoms with van der Waals surface area (Å²) in [5.74, 6) is 3.24. The molecule has 24 heavy (non-hydrogen) atoms. The third-order valence-corrected chi connectivity index (χ3v) is 6.66. The molecule has 0 atom stereocenters. The monoisotopic (exact) mass is 356 g/mol. The van der Waals surface area contributed by atoms with Crippen LogP contribution >= 0.6 is 11.8 Å². The van der Waals surface area contributed by atoms with Crippen LogP contribution in [0.25, 0.3) is 0 Å². The molecule has 0 unspecified atom stereocenters. The van der Waals surface area contributed by atoms with Crippen molar-refractivity contribution in [1.82, 2.24) is 0 Å². The molecular formula is C22H44OS. The molecule has 0 aromatic carbocycles. The fourth-order valence-corrected chi connectivity index (χ4v) is 4.79. The Hall–Kier alpha value is 0.310. The Bertz CT molecular complexity index is 238. The van der Waals surface area contributed by atoms with Gasteiger partial charge in [-0.1, -0.05) is 109 Å². The Labute approximate surface area is 156 Å². The van der Waals surface area contributed by atoms with Crippen molar-refractivity contribution in [3.63, 3.8) is 0 Å². The van der Waals surface area contributed by atoms with Crippen LogP contribution in [0.2, 0.25) is 0 Å². The van der Waals surface area contributed by atoms with Crippen LogP contribution in [-0.2, 0) is 0 Å². The summed E-state index contributed by atoms with van der Waals surface area (Å²) in [6.07, 6.45) is 26.5. The lowest BCUT2D eigenvalue weighted by atomic mass is 9.85. The summed E-state index contributed by atoms with van der Waals surface area (Å²) in [4.78, 5) is 0. The fourth-order valence-electron chi connectivity index (χ4n) is 4.05. The minimum atomic E-state index is 0.338. The Morgan fingerprint density at radius 1 is 0.583 bits per heavy atom. The smallest absolute Gasteiger partial charge is 0.0521 e. The highest BCUT2D eigenvalue weighted by molar-refractivity contribution is 7.99. The predicted molar refractivity (Wildman–Crippen MR) is 111 cm³/mol.